The van der Waals surface area contributed by atoms with E-state index in [0.717, 1.165) is 19.3 Å². The molecule has 0 aromatic heterocycles. The summed E-state index contributed by atoms with van der Waals surface area (Å²) in [6.45, 7) is 6.80. The third-order valence-electron chi connectivity index (χ3n) is 4.23. The average Bonchev–Trinajstić information content (AvgIpc) is 2.41. The molecule has 106 valence electrons. The predicted molar refractivity (Wildman–Crippen MR) is 71.8 cm³/mol. The zero-order chi connectivity index (χ0) is 13.3. The van der Waals surface area contributed by atoms with Crippen LogP contribution >= 0.6 is 0 Å². The minimum absolute atomic E-state index is 0.0810. The molecule has 3 fully saturated rings. The van der Waals surface area contributed by atoms with Crippen molar-refractivity contribution in [2.75, 3.05) is 12.4 Å². The van der Waals surface area contributed by atoms with E-state index in [1.807, 2.05) is 13.8 Å². The normalized spacial score (nSPS) is 35.9. The number of hydrogen-bond donors (Lipinski definition) is 1. The van der Waals surface area contributed by atoms with Crippen molar-refractivity contribution in [2.45, 2.75) is 52.2 Å². The Labute approximate surface area is 111 Å². The summed E-state index contributed by atoms with van der Waals surface area (Å²) in [6.07, 6.45) is 3.29. The molecule has 2 heterocycles. The van der Waals surface area contributed by atoms with Crippen LogP contribution in [-0.4, -0.2) is 32.9 Å². The van der Waals surface area contributed by atoms with Crippen LogP contribution in [0.3, 0.4) is 0 Å². The SMILES string of the molecule is CCC(COC(C)C)C1NS(=O)(=O)CC2CC1C2. The molecule has 0 aromatic rings. The molecule has 1 saturated carbocycles. The molecular formula is C13H25NO3S. The highest BCUT2D eigenvalue weighted by Crippen LogP contribution is 2.42. The number of ether oxygens (including phenoxy) is 1. The molecule has 0 radical (unpaired) electrons. The molecule has 1 N–H and O–H groups in total. The molecule has 5 heteroatoms. The molecule has 0 aromatic carbocycles. The Bertz CT molecular complexity index is 374. The first kappa shape index (κ1) is 14.3. The summed E-state index contributed by atoms with van der Waals surface area (Å²) < 4.78 is 32.5. The second-order valence-electron chi connectivity index (χ2n) is 6.07. The van der Waals surface area contributed by atoms with Gasteiger partial charge in [-0.15, -0.1) is 0 Å². The van der Waals surface area contributed by atoms with Crippen LogP contribution in [0.1, 0.15) is 40.0 Å². The summed E-state index contributed by atoms with van der Waals surface area (Å²) in [5, 5.41) is 0. The Morgan fingerprint density at radius 2 is 2.00 bits per heavy atom. The smallest absolute Gasteiger partial charge is 0.212 e. The molecule has 0 spiro atoms. The zero-order valence-corrected chi connectivity index (χ0v) is 12.4. The van der Waals surface area contributed by atoms with Crippen LogP contribution in [0.2, 0.25) is 0 Å². The van der Waals surface area contributed by atoms with Crippen molar-refractivity contribution in [3.8, 4) is 0 Å². The average molecular weight is 275 g/mol. The second kappa shape index (κ2) is 5.47. The topological polar surface area (TPSA) is 55.4 Å². The van der Waals surface area contributed by atoms with Gasteiger partial charge < -0.3 is 4.74 Å². The van der Waals surface area contributed by atoms with E-state index >= 15 is 0 Å². The van der Waals surface area contributed by atoms with Crippen molar-refractivity contribution in [1.29, 1.82) is 0 Å². The molecule has 2 atom stereocenters. The molecule has 2 aliphatic heterocycles. The summed E-state index contributed by atoms with van der Waals surface area (Å²) in [7, 11) is -3.08. The molecule has 2 bridgehead atoms. The van der Waals surface area contributed by atoms with E-state index in [4.69, 9.17) is 4.74 Å². The lowest BCUT2D eigenvalue weighted by Gasteiger charge is -2.39. The largest absolute Gasteiger partial charge is 0.378 e. The van der Waals surface area contributed by atoms with Crippen LogP contribution in [-0.2, 0) is 14.8 Å². The molecule has 18 heavy (non-hydrogen) atoms. The number of sulfonamides is 1. The maximum Gasteiger partial charge on any atom is 0.212 e. The molecule has 0 amide bonds. The van der Waals surface area contributed by atoms with Crippen molar-refractivity contribution < 1.29 is 13.2 Å². The van der Waals surface area contributed by atoms with Gasteiger partial charge in [0.25, 0.3) is 0 Å². The van der Waals surface area contributed by atoms with Gasteiger partial charge in [-0.2, -0.15) is 0 Å². The van der Waals surface area contributed by atoms with E-state index in [9.17, 15) is 8.42 Å². The van der Waals surface area contributed by atoms with Gasteiger partial charge in [0.1, 0.15) is 0 Å². The highest BCUT2D eigenvalue weighted by atomic mass is 32.2. The monoisotopic (exact) mass is 275 g/mol. The number of fused-ring (bicyclic) bond motifs is 3. The summed E-state index contributed by atoms with van der Waals surface area (Å²) in [6, 6.07) is 0.0810. The molecule has 2 unspecified atom stereocenters. The Morgan fingerprint density at radius 3 is 2.56 bits per heavy atom. The molecule has 3 aliphatic rings. The third-order valence-corrected chi connectivity index (χ3v) is 5.77. The standard InChI is InChI=1S/C13H25NO3S/c1-4-11(7-17-9(2)3)13-12-5-10(6-12)8-18(15,16)14-13/h9-14H,4-8H2,1-3H3. The lowest BCUT2D eigenvalue weighted by atomic mass is 9.69. The fourth-order valence-corrected chi connectivity index (χ4v) is 4.94. The minimum Gasteiger partial charge on any atom is -0.378 e. The van der Waals surface area contributed by atoms with Gasteiger partial charge in [-0.1, -0.05) is 6.92 Å². The van der Waals surface area contributed by atoms with Gasteiger partial charge in [0.15, 0.2) is 0 Å². The minimum atomic E-state index is -3.08. The highest BCUT2D eigenvalue weighted by Gasteiger charge is 2.45. The van der Waals surface area contributed by atoms with Gasteiger partial charge >= 0.3 is 0 Å². The first-order valence-corrected chi connectivity index (χ1v) is 8.68. The first-order chi connectivity index (χ1) is 8.41. The second-order valence-corrected chi connectivity index (χ2v) is 7.87. The maximum atomic E-state index is 11.9. The lowest BCUT2D eigenvalue weighted by molar-refractivity contribution is 0.0245. The third kappa shape index (κ3) is 3.25. The summed E-state index contributed by atoms with van der Waals surface area (Å²) >= 11 is 0. The Balaban J connectivity index is 2.04. The molecule has 2 saturated heterocycles. The van der Waals surface area contributed by atoms with Crippen LogP contribution in [0, 0.1) is 17.8 Å². The van der Waals surface area contributed by atoms with E-state index in [2.05, 4.69) is 11.6 Å². The van der Waals surface area contributed by atoms with Crippen molar-refractivity contribution in [1.82, 2.24) is 4.72 Å². The van der Waals surface area contributed by atoms with Crippen molar-refractivity contribution in [2.24, 2.45) is 17.8 Å². The number of rotatable bonds is 5. The van der Waals surface area contributed by atoms with Crippen molar-refractivity contribution in [3.63, 3.8) is 0 Å². The van der Waals surface area contributed by atoms with Crippen LogP contribution in [0.25, 0.3) is 0 Å². The van der Waals surface area contributed by atoms with E-state index < -0.39 is 10.0 Å². The number of hydrogen-bond acceptors (Lipinski definition) is 3. The van der Waals surface area contributed by atoms with E-state index in [0.29, 0.717) is 30.1 Å². The number of nitrogens with one attached hydrogen (secondary N) is 1. The first-order valence-electron chi connectivity index (χ1n) is 7.03. The summed E-state index contributed by atoms with van der Waals surface area (Å²) in [5.41, 5.74) is 0. The summed E-state index contributed by atoms with van der Waals surface area (Å²) in [5.74, 6) is 1.53. The quantitative estimate of drug-likeness (QED) is 0.832. The Hall–Kier alpha value is -0.130. The van der Waals surface area contributed by atoms with Crippen molar-refractivity contribution >= 4 is 10.0 Å². The predicted octanol–water partition coefficient (Wildman–Crippen LogP) is 1.77. The van der Waals surface area contributed by atoms with E-state index in [-0.39, 0.29) is 12.1 Å². The van der Waals surface area contributed by atoms with Crippen LogP contribution in [0.5, 0.6) is 0 Å². The molecule has 1 aliphatic carbocycles. The molecule has 4 nitrogen and oxygen atoms in total. The van der Waals surface area contributed by atoms with Gasteiger partial charge in [-0.05, 0) is 50.9 Å². The molecular weight excluding hydrogens is 250 g/mol. The summed E-state index contributed by atoms with van der Waals surface area (Å²) in [4.78, 5) is 0. The fourth-order valence-electron chi connectivity index (χ4n) is 3.15. The highest BCUT2D eigenvalue weighted by molar-refractivity contribution is 7.89. The van der Waals surface area contributed by atoms with Crippen LogP contribution < -0.4 is 4.72 Å². The van der Waals surface area contributed by atoms with Gasteiger partial charge in [0, 0.05) is 6.04 Å². The van der Waals surface area contributed by atoms with Gasteiger partial charge in [0.2, 0.25) is 10.0 Å². The van der Waals surface area contributed by atoms with E-state index in [1.54, 1.807) is 0 Å². The van der Waals surface area contributed by atoms with Crippen molar-refractivity contribution in [3.05, 3.63) is 0 Å². The van der Waals surface area contributed by atoms with Crippen LogP contribution in [0.15, 0.2) is 0 Å². The van der Waals surface area contributed by atoms with Gasteiger partial charge in [-0.25, -0.2) is 13.1 Å². The Kier molecular flexibility index (Phi) is 4.34. The lowest BCUT2D eigenvalue weighted by Crippen LogP contribution is -2.46. The molecule has 3 rings (SSSR count). The van der Waals surface area contributed by atoms with Gasteiger partial charge in [0.05, 0.1) is 18.5 Å². The van der Waals surface area contributed by atoms with Crippen LogP contribution in [0.4, 0.5) is 0 Å². The Morgan fingerprint density at radius 1 is 1.33 bits per heavy atom. The zero-order valence-electron chi connectivity index (χ0n) is 11.6. The maximum absolute atomic E-state index is 11.9. The van der Waals surface area contributed by atoms with E-state index in [1.165, 1.54) is 0 Å². The fraction of sp³-hybridized carbons (Fsp3) is 1.00. The van der Waals surface area contributed by atoms with Gasteiger partial charge in [-0.3, -0.25) is 0 Å².